The smallest absolute Gasteiger partial charge is 0.276 e. The molecule has 0 heterocycles. The number of nitro benzene ring substituents is 1. The maximum absolute atomic E-state index is 12.9. The van der Waals surface area contributed by atoms with Crippen molar-refractivity contribution < 1.29 is 14.1 Å². The van der Waals surface area contributed by atoms with Crippen LogP contribution in [0.5, 0.6) is 0 Å². The van der Waals surface area contributed by atoms with Crippen LogP contribution in [0.25, 0.3) is 0 Å². The quantitative estimate of drug-likeness (QED) is 0.434. The van der Waals surface area contributed by atoms with Gasteiger partial charge in [0.15, 0.2) is 0 Å². The topological polar surface area (TPSA) is 60.2 Å². The highest BCUT2D eigenvalue weighted by molar-refractivity contribution is 6.68. The number of carbonyl (C=O) groups is 1. The van der Waals surface area contributed by atoms with Crippen LogP contribution < -0.4 is 0 Å². The van der Waals surface area contributed by atoms with Gasteiger partial charge in [-0.25, -0.2) is 0 Å². The van der Waals surface area contributed by atoms with Crippen molar-refractivity contribution in [2.75, 3.05) is 0 Å². The third-order valence-corrected chi connectivity index (χ3v) is 1.98. The molecule has 0 spiro atoms. The van der Waals surface area contributed by atoms with Crippen LogP contribution in [-0.2, 0) is 0 Å². The fourth-order valence-electron chi connectivity index (χ4n) is 1.10. The molecule has 1 aromatic rings. The lowest BCUT2D eigenvalue weighted by Crippen LogP contribution is -2.01. The molecule has 0 saturated carbocycles. The highest BCUT2D eigenvalue weighted by Gasteiger charge is 2.22. The van der Waals surface area contributed by atoms with Crippen LogP contribution in [0, 0.1) is 22.9 Å². The summed E-state index contributed by atoms with van der Waals surface area (Å²) in [6, 6.07) is 1.97. The molecule has 0 N–H and O–H groups in total. The van der Waals surface area contributed by atoms with Crippen LogP contribution in [0.4, 0.5) is 10.1 Å². The highest BCUT2D eigenvalue weighted by atomic mass is 35.5. The summed E-state index contributed by atoms with van der Waals surface area (Å²) < 4.78 is 12.9. The lowest BCUT2D eigenvalue weighted by Gasteiger charge is -2.01. The van der Waals surface area contributed by atoms with Gasteiger partial charge in [0.05, 0.1) is 4.92 Å². The van der Waals surface area contributed by atoms with Crippen molar-refractivity contribution in [2.45, 2.75) is 6.92 Å². The van der Waals surface area contributed by atoms with Gasteiger partial charge in [-0.2, -0.15) is 4.39 Å². The van der Waals surface area contributed by atoms with E-state index in [9.17, 15) is 19.3 Å². The van der Waals surface area contributed by atoms with Gasteiger partial charge in [-0.1, -0.05) is 0 Å². The molecule has 0 aliphatic heterocycles. The minimum absolute atomic E-state index is 0.0558. The van der Waals surface area contributed by atoms with E-state index in [0.717, 1.165) is 12.1 Å². The molecule has 0 aliphatic rings. The third-order valence-electron chi connectivity index (χ3n) is 1.78. The molecule has 1 rings (SSSR count). The zero-order valence-electron chi connectivity index (χ0n) is 7.08. The summed E-state index contributed by atoms with van der Waals surface area (Å²) in [6.07, 6.45) is 0. The summed E-state index contributed by atoms with van der Waals surface area (Å²) in [4.78, 5) is 20.3. The van der Waals surface area contributed by atoms with Gasteiger partial charge in [0.1, 0.15) is 0 Å². The molecule has 1 aromatic carbocycles. The average Bonchev–Trinajstić information content (AvgIpc) is 2.02. The van der Waals surface area contributed by atoms with Crippen molar-refractivity contribution >= 4 is 22.5 Å². The Hall–Kier alpha value is -1.49. The molecule has 14 heavy (non-hydrogen) atoms. The fourth-order valence-corrected chi connectivity index (χ4v) is 1.31. The number of hydrogen-bond acceptors (Lipinski definition) is 3. The van der Waals surface area contributed by atoms with Gasteiger partial charge in [0.2, 0.25) is 5.82 Å². The molecule has 4 nitrogen and oxygen atoms in total. The Kier molecular flexibility index (Phi) is 2.81. The van der Waals surface area contributed by atoms with Gasteiger partial charge in [-0.05, 0) is 30.7 Å². The van der Waals surface area contributed by atoms with Gasteiger partial charge in [0, 0.05) is 11.1 Å². The third kappa shape index (κ3) is 1.72. The van der Waals surface area contributed by atoms with Gasteiger partial charge in [-0.15, -0.1) is 0 Å². The van der Waals surface area contributed by atoms with E-state index in [1.807, 2.05) is 0 Å². The monoisotopic (exact) mass is 217 g/mol. The van der Waals surface area contributed by atoms with Crippen molar-refractivity contribution in [1.82, 2.24) is 0 Å². The molecular weight excluding hydrogens is 213 g/mol. The largest absolute Gasteiger partial charge is 0.308 e. The fraction of sp³-hybridized carbons (Fsp3) is 0.125. The Labute approximate surface area is 83.4 Å². The van der Waals surface area contributed by atoms with Gasteiger partial charge >= 0.3 is 5.69 Å². The summed E-state index contributed by atoms with van der Waals surface area (Å²) in [7, 11) is 0. The van der Waals surface area contributed by atoms with Gasteiger partial charge in [0.25, 0.3) is 5.24 Å². The molecule has 0 aliphatic carbocycles. The van der Waals surface area contributed by atoms with E-state index in [2.05, 4.69) is 0 Å². The van der Waals surface area contributed by atoms with Crippen LogP contribution in [0.1, 0.15) is 15.9 Å². The molecule has 0 bridgehead atoms. The second-order valence-corrected chi connectivity index (χ2v) is 2.94. The second kappa shape index (κ2) is 3.71. The number of halogens is 2. The standard InChI is InChI=1S/C8H5ClFNO3/c1-4-5(8(9)12)2-3-6(10)7(4)11(13)14/h2-3H,1H3. The Balaban J connectivity index is 3.49. The zero-order valence-corrected chi connectivity index (χ0v) is 7.84. The Bertz CT molecular complexity index is 419. The number of hydrogen-bond donors (Lipinski definition) is 0. The molecular formula is C8H5ClFNO3. The van der Waals surface area contributed by atoms with Crippen molar-refractivity contribution in [3.63, 3.8) is 0 Å². The van der Waals surface area contributed by atoms with E-state index in [4.69, 9.17) is 11.6 Å². The van der Waals surface area contributed by atoms with Crippen LogP contribution in [0.2, 0.25) is 0 Å². The molecule has 0 aromatic heterocycles. The first-order valence-corrected chi connectivity index (χ1v) is 3.96. The molecule has 74 valence electrons. The van der Waals surface area contributed by atoms with Crippen LogP contribution >= 0.6 is 11.6 Å². The number of nitrogens with zero attached hydrogens (tertiary/aromatic N) is 1. The summed E-state index contributed by atoms with van der Waals surface area (Å²) in [5, 5.41) is 9.59. The van der Waals surface area contributed by atoms with Crippen LogP contribution in [-0.4, -0.2) is 10.2 Å². The first-order valence-electron chi connectivity index (χ1n) is 3.58. The highest BCUT2D eigenvalue weighted by Crippen LogP contribution is 2.25. The van der Waals surface area contributed by atoms with E-state index in [0.29, 0.717) is 0 Å². The van der Waals surface area contributed by atoms with E-state index >= 15 is 0 Å². The van der Waals surface area contributed by atoms with Gasteiger partial charge < -0.3 is 0 Å². The molecule has 0 fully saturated rings. The molecule has 0 atom stereocenters. The molecule has 6 heteroatoms. The number of rotatable bonds is 2. The average molecular weight is 218 g/mol. The van der Waals surface area contributed by atoms with Crippen molar-refractivity contribution in [3.05, 3.63) is 39.2 Å². The number of nitro groups is 1. The molecule has 0 amide bonds. The minimum atomic E-state index is -0.978. The predicted octanol–water partition coefficient (Wildman–Crippen LogP) is 2.42. The summed E-state index contributed by atoms with van der Waals surface area (Å²) in [6.45, 7) is 1.27. The Morgan fingerprint density at radius 1 is 1.57 bits per heavy atom. The number of benzene rings is 1. The summed E-state index contributed by atoms with van der Waals surface area (Å²) in [5.41, 5.74) is -0.828. The van der Waals surface area contributed by atoms with E-state index in [-0.39, 0.29) is 11.1 Å². The SMILES string of the molecule is Cc1c(C(=O)Cl)ccc(F)c1[N+](=O)[O-]. The first kappa shape index (κ1) is 10.6. The maximum atomic E-state index is 12.9. The van der Waals surface area contributed by atoms with E-state index < -0.39 is 21.7 Å². The summed E-state index contributed by atoms with van der Waals surface area (Å²) >= 11 is 5.15. The lowest BCUT2D eigenvalue weighted by atomic mass is 10.1. The summed E-state index contributed by atoms with van der Waals surface area (Å²) in [5.74, 6) is -0.978. The van der Waals surface area contributed by atoms with Crippen molar-refractivity contribution in [1.29, 1.82) is 0 Å². The maximum Gasteiger partial charge on any atom is 0.308 e. The molecule has 0 unspecified atom stereocenters. The van der Waals surface area contributed by atoms with E-state index in [1.54, 1.807) is 0 Å². The first-order chi connectivity index (χ1) is 6.45. The molecule has 0 radical (unpaired) electrons. The van der Waals surface area contributed by atoms with E-state index in [1.165, 1.54) is 6.92 Å². The predicted molar refractivity (Wildman–Crippen MR) is 48.0 cm³/mol. The normalized spacial score (nSPS) is 9.93. The Morgan fingerprint density at radius 2 is 2.14 bits per heavy atom. The number of carbonyl (C=O) groups excluding carboxylic acids is 1. The van der Waals surface area contributed by atoms with Gasteiger partial charge in [-0.3, -0.25) is 14.9 Å². The van der Waals surface area contributed by atoms with Crippen LogP contribution in [0.15, 0.2) is 12.1 Å². The minimum Gasteiger partial charge on any atom is -0.276 e. The van der Waals surface area contributed by atoms with Crippen LogP contribution in [0.3, 0.4) is 0 Å². The lowest BCUT2D eigenvalue weighted by molar-refractivity contribution is -0.388. The molecule has 0 saturated heterocycles. The second-order valence-electron chi connectivity index (χ2n) is 2.60. The van der Waals surface area contributed by atoms with Crippen molar-refractivity contribution in [3.8, 4) is 0 Å². The zero-order chi connectivity index (χ0) is 10.9. The van der Waals surface area contributed by atoms with Crippen molar-refractivity contribution in [2.24, 2.45) is 0 Å². The Morgan fingerprint density at radius 3 is 2.57 bits per heavy atom.